The second kappa shape index (κ2) is 8.86. The molecule has 2 aromatic heterocycles. The number of aromatic nitrogens is 4. The lowest BCUT2D eigenvalue weighted by atomic mass is 10.2. The molecule has 0 fully saturated rings. The third-order valence-electron chi connectivity index (χ3n) is 6.04. The number of hydrogen-bond donors (Lipinski definition) is 1. The molecule has 0 saturated carbocycles. The van der Waals surface area contributed by atoms with E-state index in [1.54, 1.807) is 9.36 Å². The molecular formula is C27H25N5O2. The van der Waals surface area contributed by atoms with E-state index in [1.807, 2.05) is 98.9 Å². The summed E-state index contributed by atoms with van der Waals surface area (Å²) in [4.78, 5) is 30.8. The second-order valence-corrected chi connectivity index (χ2v) is 8.17. The van der Waals surface area contributed by atoms with Crippen molar-refractivity contribution in [2.75, 3.05) is 5.32 Å². The number of nitrogens with one attached hydrogen (secondary N) is 1. The molecule has 0 aliphatic rings. The highest BCUT2D eigenvalue weighted by Gasteiger charge is 2.19. The Hall–Kier alpha value is -4.39. The van der Waals surface area contributed by atoms with Crippen LogP contribution in [0.5, 0.6) is 0 Å². The van der Waals surface area contributed by atoms with Crippen LogP contribution in [-0.2, 0) is 18.3 Å². The first-order valence-electron chi connectivity index (χ1n) is 11.2. The van der Waals surface area contributed by atoms with Crippen LogP contribution >= 0.6 is 0 Å². The normalized spacial score (nSPS) is 11.1. The highest BCUT2D eigenvalue weighted by molar-refractivity contribution is 5.91. The molecule has 0 aliphatic carbocycles. The van der Waals surface area contributed by atoms with Crippen molar-refractivity contribution in [2.24, 2.45) is 7.05 Å². The lowest BCUT2D eigenvalue weighted by Crippen LogP contribution is -2.23. The van der Waals surface area contributed by atoms with E-state index in [0.29, 0.717) is 17.8 Å². The van der Waals surface area contributed by atoms with Gasteiger partial charge in [-0.05, 0) is 43.3 Å². The lowest BCUT2D eigenvalue weighted by Gasteiger charge is -2.09. The van der Waals surface area contributed by atoms with Gasteiger partial charge in [-0.3, -0.25) is 18.8 Å². The van der Waals surface area contributed by atoms with Crippen molar-refractivity contribution < 1.29 is 4.79 Å². The Morgan fingerprint density at radius 2 is 1.50 bits per heavy atom. The van der Waals surface area contributed by atoms with Crippen LogP contribution in [0.4, 0.5) is 5.69 Å². The third-order valence-corrected chi connectivity index (χ3v) is 6.04. The molecule has 34 heavy (non-hydrogen) atoms. The van der Waals surface area contributed by atoms with Gasteiger partial charge in [0, 0.05) is 25.6 Å². The molecule has 7 nitrogen and oxygen atoms in total. The highest BCUT2D eigenvalue weighted by atomic mass is 16.2. The van der Waals surface area contributed by atoms with Crippen LogP contribution < -0.4 is 10.9 Å². The lowest BCUT2D eigenvalue weighted by molar-refractivity contribution is -0.116. The maximum atomic E-state index is 13.1. The molecule has 5 rings (SSSR count). The summed E-state index contributed by atoms with van der Waals surface area (Å²) >= 11 is 0. The molecule has 5 aromatic rings. The predicted molar refractivity (Wildman–Crippen MR) is 134 cm³/mol. The number of imidazole rings is 1. The Labute approximate surface area is 196 Å². The van der Waals surface area contributed by atoms with Gasteiger partial charge in [-0.15, -0.1) is 0 Å². The predicted octanol–water partition coefficient (Wildman–Crippen LogP) is 4.39. The fourth-order valence-corrected chi connectivity index (χ4v) is 4.25. The Balaban J connectivity index is 1.40. The molecular weight excluding hydrogens is 426 g/mol. The third kappa shape index (κ3) is 3.81. The van der Waals surface area contributed by atoms with Gasteiger partial charge in [0.15, 0.2) is 0 Å². The first kappa shape index (κ1) is 21.5. The van der Waals surface area contributed by atoms with Gasteiger partial charge in [-0.25, -0.2) is 9.67 Å². The highest BCUT2D eigenvalue weighted by Crippen LogP contribution is 2.22. The number of hydrogen-bond acceptors (Lipinski definition) is 3. The average Bonchev–Trinajstić information content (AvgIpc) is 3.34. The number of nitrogens with zero attached hydrogens (tertiary/aromatic N) is 4. The maximum absolute atomic E-state index is 13.1. The number of carbonyl (C=O) groups excluding carboxylic acids is 1. The van der Waals surface area contributed by atoms with E-state index in [4.69, 9.17) is 4.98 Å². The van der Waals surface area contributed by atoms with E-state index in [-0.39, 0.29) is 17.9 Å². The fourth-order valence-electron chi connectivity index (χ4n) is 4.25. The first-order chi connectivity index (χ1) is 16.5. The van der Waals surface area contributed by atoms with Gasteiger partial charge >= 0.3 is 0 Å². The van der Waals surface area contributed by atoms with Crippen LogP contribution in [0, 0.1) is 6.92 Å². The quantitative estimate of drug-likeness (QED) is 0.416. The number of aryl methyl sites for hydroxylation is 1. The first-order valence-corrected chi connectivity index (χ1v) is 11.2. The van der Waals surface area contributed by atoms with Crippen molar-refractivity contribution >= 4 is 22.6 Å². The van der Waals surface area contributed by atoms with Gasteiger partial charge < -0.3 is 5.32 Å². The summed E-state index contributed by atoms with van der Waals surface area (Å²) in [6.07, 6.45) is 0.642. The maximum Gasteiger partial charge on any atom is 0.295 e. The summed E-state index contributed by atoms with van der Waals surface area (Å²) in [6, 6.07) is 27.3. The molecule has 0 atom stereocenters. The topological polar surface area (TPSA) is 73.8 Å². The largest absolute Gasteiger partial charge is 0.320 e. The number of anilines is 1. The number of amides is 1. The summed E-state index contributed by atoms with van der Waals surface area (Å²) in [5, 5.41) is 2.84. The zero-order chi connectivity index (χ0) is 23.7. The van der Waals surface area contributed by atoms with Crippen LogP contribution in [-0.4, -0.2) is 24.8 Å². The number of rotatable bonds is 6. The van der Waals surface area contributed by atoms with Crippen molar-refractivity contribution in [3.8, 4) is 11.4 Å². The molecule has 2 heterocycles. The Morgan fingerprint density at radius 1 is 0.882 bits per heavy atom. The molecule has 1 amide bonds. The van der Waals surface area contributed by atoms with Crippen LogP contribution in [0.15, 0.2) is 89.7 Å². The summed E-state index contributed by atoms with van der Waals surface area (Å²) in [7, 11) is 1.81. The molecule has 0 saturated heterocycles. The van der Waals surface area contributed by atoms with Gasteiger partial charge in [0.1, 0.15) is 11.5 Å². The standard InChI is InChI=1S/C27H25N5O2/c1-19-26(27(34)32(30(19)2)21-13-7-4-8-14-21)29-25(33)18-17-24-28-22-15-9-10-16-23(22)31(24)20-11-5-3-6-12-20/h3-16H,17-18H2,1-2H3,(H,29,33). The summed E-state index contributed by atoms with van der Waals surface area (Å²) in [5.41, 5.74) is 4.36. The van der Waals surface area contributed by atoms with Crippen molar-refractivity contribution in [1.29, 1.82) is 0 Å². The van der Waals surface area contributed by atoms with Crippen LogP contribution in [0.25, 0.3) is 22.4 Å². The van der Waals surface area contributed by atoms with E-state index in [9.17, 15) is 9.59 Å². The molecule has 170 valence electrons. The Morgan fingerprint density at radius 3 is 2.21 bits per heavy atom. The van der Waals surface area contributed by atoms with Gasteiger partial charge in [0.2, 0.25) is 5.91 Å². The smallest absolute Gasteiger partial charge is 0.295 e. The van der Waals surface area contributed by atoms with Crippen molar-refractivity contribution in [2.45, 2.75) is 19.8 Å². The fraction of sp³-hybridized carbons (Fsp3) is 0.148. The zero-order valence-corrected chi connectivity index (χ0v) is 19.1. The summed E-state index contributed by atoms with van der Waals surface area (Å²) < 4.78 is 5.39. The van der Waals surface area contributed by atoms with E-state index in [1.165, 1.54) is 0 Å². The van der Waals surface area contributed by atoms with Gasteiger partial charge in [-0.1, -0.05) is 48.5 Å². The van der Waals surface area contributed by atoms with Crippen LogP contribution in [0.3, 0.4) is 0 Å². The number of benzene rings is 3. The molecule has 3 aromatic carbocycles. The molecule has 0 radical (unpaired) electrons. The molecule has 0 aliphatic heterocycles. The van der Waals surface area contributed by atoms with E-state index in [2.05, 4.69) is 9.88 Å². The number of carbonyl (C=O) groups is 1. The molecule has 0 unspecified atom stereocenters. The summed E-state index contributed by atoms with van der Waals surface area (Å²) in [6.45, 7) is 1.82. The number of para-hydroxylation sites is 4. The van der Waals surface area contributed by atoms with Gasteiger partial charge in [0.25, 0.3) is 5.56 Å². The molecule has 7 heteroatoms. The van der Waals surface area contributed by atoms with E-state index >= 15 is 0 Å². The van der Waals surface area contributed by atoms with Crippen molar-refractivity contribution in [1.82, 2.24) is 18.9 Å². The van der Waals surface area contributed by atoms with Crippen molar-refractivity contribution in [3.63, 3.8) is 0 Å². The Bertz CT molecular complexity index is 1530. The van der Waals surface area contributed by atoms with E-state index in [0.717, 1.165) is 28.2 Å². The minimum absolute atomic E-state index is 0.204. The van der Waals surface area contributed by atoms with Gasteiger partial charge in [0.05, 0.1) is 22.4 Å². The van der Waals surface area contributed by atoms with Gasteiger partial charge in [-0.2, -0.15) is 0 Å². The monoisotopic (exact) mass is 451 g/mol. The number of fused-ring (bicyclic) bond motifs is 1. The minimum Gasteiger partial charge on any atom is -0.320 e. The van der Waals surface area contributed by atoms with Crippen LogP contribution in [0.1, 0.15) is 17.9 Å². The van der Waals surface area contributed by atoms with E-state index < -0.39 is 0 Å². The Kier molecular flexibility index (Phi) is 5.59. The second-order valence-electron chi connectivity index (χ2n) is 8.17. The molecule has 0 spiro atoms. The average molecular weight is 452 g/mol. The van der Waals surface area contributed by atoms with Crippen molar-refractivity contribution in [3.05, 3.63) is 107 Å². The summed E-state index contributed by atoms with van der Waals surface area (Å²) in [5.74, 6) is 0.576. The molecule has 0 bridgehead atoms. The minimum atomic E-state index is -0.254. The SMILES string of the molecule is Cc1c(NC(=O)CCc2nc3ccccc3n2-c2ccccc2)c(=O)n(-c2ccccc2)n1C. The zero-order valence-electron chi connectivity index (χ0n) is 19.1. The molecule has 1 N–H and O–H groups in total. The van der Waals surface area contributed by atoms with Crippen LogP contribution in [0.2, 0.25) is 0 Å².